The molecule has 0 heterocycles. The number of hydrogen-bond donors (Lipinski definition) is 2. The number of amides is 1. The number of hydrogen-bond acceptors (Lipinski definition) is 4. The van der Waals surface area contributed by atoms with Gasteiger partial charge in [-0.2, -0.15) is 5.26 Å². The number of carbonyl (C=O) groups is 1. The molecule has 116 valence electrons. The second kappa shape index (κ2) is 8.25. The van der Waals surface area contributed by atoms with Gasteiger partial charge in [-0.05, 0) is 17.2 Å². The molecular weight excluding hydrogens is 290 g/mol. The molecule has 0 aliphatic rings. The maximum Gasteiger partial charge on any atom is 0.407 e. The van der Waals surface area contributed by atoms with Gasteiger partial charge in [-0.1, -0.05) is 54.6 Å². The molecule has 0 aromatic heterocycles. The van der Waals surface area contributed by atoms with Crippen molar-refractivity contribution in [3.63, 3.8) is 0 Å². The molecule has 0 aliphatic heterocycles. The number of rotatable bonds is 5. The van der Waals surface area contributed by atoms with E-state index in [4.69, 9.17) is 15.7 Å². The Morgan fingerprint density at radius 1 is 1.22 bits per heavy atom. The van der Waals surface area contributed by atoms with Gasteiger partial charge in [0.15, 0.2) is 0 Å². The van der Waals surface area contributed by atoms with Crippen LogP contribution in [0.5, 0.6) is 0 Å². The molecular formula is C18H17N3O2. The Morgan fingerprint density at radius 3 is 2.74 bits per heavy atom. The van der Waals surface area contributed by atoms with E-state index in [2.05, 4.69) is 11.4 Å². The van der Waals surface area contributed by atoms with Crippen LogP contribution < -0.4 is 11.1 Å². The van der Waals surface area contributed by atoms with E-state index in [-0.39, 0.29) is 6.61 Å². The van der Waals surface area contributed by atoms with Crippen molar-refractivity contribution in [3.8, 4) is 6.07 Å². The number of nitrogens with zero attached hydrogens (tertiary/aromatic N) is 1. The maximum atomic E-state index is 11.6. The highest BCUT2D eigenvalue weighted by molar-refractivity contribution is 5.69. The molecule has 2 aromatic carbocycles. The molecule has 23 heavy (non-hydrogen) atoms. The van der Waals surface area contributed by atoms with Crippen LogP contribution in [0.3, 0.4) is 0 Å². The number of anilines is 1. The molecule has 5 heteroatoms. The minimum atomic E-state index is -0.494. The Balaban J connectivity index is 1.80. The Morgan fingerprint density at radius 2 is 2.00 bits per heavy atom. The second-order valence-corrected chi connectivity index (χ2v) is 4.77. The average Bonchev–Trinajstić information content (AvgIpc) is 2.58. The largest absolute Gasteiger partial charge is 0.445 e. The van der Waals surface area contributed by atoms with Gasteiger partial charge < -0.3 is 15.8 Å². The lowest BCUT2D eigenvalue weighted by Gasteiger charge is -2.05. The lowest BCUT2D eigenvalue weighted by Crippen LogP contribution is -2.24. The lowest BCUT2D eigenvalue weighted by atomic mass is 10.1. The number of nitrogens with one attached hydrogen (secondary N) is 1. The summed E-state index contributed by atoms with van der Waals surface area (Å²) in [5.74, 6) is 0. The van der Waals surface area contributed by atoms with Crippen LogP contribution in [-0.4, -0.2) is 12.6 Å². The second-order valence-electron chi connectivity index (χ2n) is 4.77. The summed E-state index contributed by atoms with van der Waals surface area (Å²) in [6.07, 6.45) is 2.98. The average molecular weight is 307 g/mol. The third-order valence-electron chi connectivity index (χ3n) is 3.12. The summed E-state index contributed by atoms with van der Waals surface area (Å²) in [7, 11) is 0. The predicted molar refractivity (Wildman–Crippen MR) is 89.2 cm³/mol. The van der Waals surface area contributed by atoms with Crippen molar-refractivity contribution in [3.05, 3.63) is 71.3 Å². The van der Waals surface area contributed by atoms with Crippen LogP contribution in [0.2, 0.25) is 0 Å². The molecule has 1 amide bonds. The van der Waals surface area contributed by atoms with Gasteiger partial charge in [-0.3, -0.25) is 0 Å². The number of nitrogens with two attached hydrogens (primary N) is 1. The lowest BCUT2D eigenvalue weighted by molar-refractivity contribution is 0.141. The fourth-order valence-electron chi connectivity index (χ4n) is 1.96. The molecule has 0 unspecified atom stereocenters. The van der Waals surface area contributed by atoms with E-state index in [1.165, 1.54) is 0 Å². The van der Waals surface area contributed by atoms with E-state index in [1.54, 1.807) is 30.4 Å². The summed E-state index contributed by atoms with van der Waals surface area (Å²) in [5.41, 5.74) is 8.24. The highest BCUT2D eigenvalue weighted by atomic mass is 16.5. The Labute approximate surface area is 135 Å². The first-order valence-corrected chi connectivity index (χ1v) is 7.10. The quantitative estimate of drug-likeness (QED) is 0.831. The highest BCUT2D eigenvalue weighted by Crippen LogP contribution is 2.16. The maximum absolute atomic E-state index is 11.6. The zero-order chi connectivity index (χ0) is 16.5. The number of carbonyl (C=O) groups excluding carboxylic acids is 1. The first-order chi connectivity index (χ1) is 11.2. The highest BCUT2D eigenvalue weighted by Gasteiger charge is 2.03. The summed E-state index contributed by atoms with van der Waals surface area (Å²) < 4.78 is 5.09. The smallest absolute Gasteiger partial charge is 0.407 e. The number of benzene rings is 2. The van der Waals surface area contributed by atoms with Gasteiger partial charge in [-0.25, -0.2) is 4.79 Å². The number of nitriles is 1. The van der Waals surface area contributed by atoms with Crippen molar-refractivity contribution in [1.29, 1.82) is 5.26 Å². The van der Waals surface area contributed by atoms with E-state index in [9.17, 15) is 4.79 Å². The van der Waals surface area contributed by atoms with Crippen LogP contribution in [-0.2, 0) is 11.3 Å². The molecule has 0 atom stereocenters. The molecule has 5 nitrogen and oxygen atoms in total. The summed E-state index contributed by atoms with van der Waals surface area (Å²) in [4.78, 5) is 11.6. The van der Waals surface area contributed by atoms with Gasteiger partial charge in [0.2, 0.25) is 0 Å². The van der Waals surface area contributed by atoms with Crippen LogP contribution in [0.4, 0.5) is 10.5 Å². The fourth-order valence-corrected chi connectivity index (χ4v) is 1.96. The predicted octanol–water partition coefficient (Wildman–Crippen LogP) is 3.08. The molecule has 0 saturated heterocycles. The normalized spacial score (nSPS) is 10.2. The summed E-state index contributed by atoms with van der Waals surface area (Å²) in [6, 6.07) is 16.8. The van der Waals surface area contributed by atoms with E-state index in [0.717, 1.165) is 5.56 Å². The van der Waals surface area contributed by atoms with E-state index in [0.29, 0.717) is 23.4 Å². The Kier molecular flexibility index (Phi) is 5.78. The van der Waals surface area contributed by atoms with Gasteiger partial charge in [0, 0.05) is 6.54 Å². The van der Waals surface area contributed by atoms with Gasteiger partial charge in [0.1, 0.15) is 12.7 Å². The van der Waals surface area contributed by atoms with Gasteiger partial charge >= 0.3 is 6.09 Å². The molecule has 3 N–H and O–H groups in total. The van der Waals surface area contributed by atoms with Crippen LogP contribution in [0.25, 0.3) is 6.08 Å². The molecule has 2 aromatic rings. The van der Waals surface area contributed by atoms with Crippen LogP contribution in [0.15, 0.2) is 54.6 Å². The van der Waals surface area contributed by atoms with Crippen molar-refractivity contribution in [2.75, 3.05) is 12.3 Å². The zero-order valence-corrected chi connectivity index (χ0v) is 12.5. The molecule has 0 spiro atoms. The van der Waals surface area contributed by atoms with Crippen LogP contribution in [0.1, 0.15) is 16.7 Å². The van der Waals surface area contributed by atoms with E-state index in [1.807, 2.05) is 30.3 Å². The zero-order valence-electron chi connectivity index (χ0n) is 12.5. The van der Waals surface area contributed by atoms with Crippen LogP contribution >= 0.6 is 0 Å². The summed E-state index contributed by atoms with van der Waals surface area (Å²) in [5, 5.41) is 11.7. The third-order valence-corrected chi connectivity index (χ3v) is 3.12. The van der Waals surface area contributed by atoms with Gasteiger partial charge in [-0.15, -0.1) is 0 Å². The van der Waals surface area contributed by atoms with Crippen LogP contribution in [0, 0.1) is 11.3 Å². The van der Waals surface area contributed by atoms with Crippen molar-refractivity contribution in [1.82, 2.24) is 5.32 Å². The van der Waals surface area contributed by atoms with Crippen molar-refractivity contribution < 1.29 is 9.53 Å². The van der Waals surface area contributed by atoms with Crippen molar-refractivity contribution in [2.24, 2.45) is 0 Å². The Hall–Kier alpha value is -3.26. The molecule has 0 saturated carbocycles. The fraction of sp³-hybridized carbons (Fsp3) is 0.111. The van der Waals surface area contributed by atoms with Gasteiger partial charge in [0.25, 0.3) is 0 Å². The molecule has 0 fully saturated rings. The molecule has 0 aliphatic carbocycles. The first kappa shape index (κ1) is 16.1. The minimum absolute atomic E-state index is 0.226. The minimum Gasteiger partial charge on any atom is -0.445 e. The number of alkyl carbamates (subject to hydrolysis) is 1. The molecule has 0 radical (unpaired) electrons. The first-order valence-electron chi connectivity index (χ1n) is 7.10. The monoisotopic (exact) mass is 307 g/mol. The van der Waals surface area contributed by atoms with Gasteiger partial charge in [0.05, 0.1) is 11.3 Å². The molecule has 0 bridgehead atoms. The van der Waals surface area contributed by atoms with E-state index < -0.39 is 6.09 Å². The van der Waals surface area contributed by atoms with Crippen molar-refractivity contribution >= 4 is 17.9 Å². The third kappa shape index (κ3) is 4.90. The molecule has 2 rings (SSSR count). The van der Waals surface area contributed by atoms with Crippen molar-refractivity contribution in [2.45, 2.75) is 6.61 Å². The standard InChI is InChI=1S/C18H17N3O2/c19-12-16-15(8-4-10-17(16)20)9-5-11-21-18(22)23-13-14-6-2-1-3-7-14/h1-10H,11,13,20H2,(H,21,22). The summed E-state index contributed by atoms with van der Waals surface area (Å²) in [6.45, 7) is 0.525. The topological polar surface area (TPSA) is 88.1 Å². The number of ether oxygens (including phenoxy) is 1. The SMILES string of the molecule is N#Cc1c(N)cccc1C=CCNC(=O)OCc1ccccc1. The number of nitrogen functional groups attached to an aromatic ring is 1. The summed E-state index contributed by atoms with van der Waals surface area (Å²) >= 11 is 0. The van der Waals surface area contributed by atoms with E-state index >= 15 is 0 Å². The Bertz CT molecular complexity index is 734.